The van der Waals surface area contributed by atoms with Crippen molar-refractivity contribution in [3.63, 3.8) is 0 Å². The fourth-order valence-electron chi connectivity index (χ4n) is 5.64. The van der Waals surface area contributed by atoms with Gasteiger partial charge in [-0.25, -0.2) is 9.78 Å². The fraction of sp³-hybridized carbons (Fsp3) is 0.520. The molecule has 0 unspecified atom stereocenters. The van der Waals surface area contributed by atoms with E-state index in [-0.39, 0.29) is 24.1 Å². The molecule has 0 spiro atoms. The lowest BCUT2D eigenvalue weighted by Crippen LogP contribution is -2.42. The molecule has 0 radical (unpaired) electrons. The van der Waals surface area contributed by atoms with Gasteiger partial charge in [-0.05, 0) is 63.6 Å². The zero-order valence-electron chi connectivity index (χ0n) is 19.7. The van der Waals surface area contributed by atoms with E-state index >= 15 is 0 Å². The second kappa shape index (κ2) is 9.12. The molecule has 1 aromatic carbocycles. The van der Waals surface area contributed by atoms with Crippen molar-refractivity contribution < 1.29 is 19.4 Å². The highest BCUT2D eigenvalue weighted by Gasteiger charge is 2.33. The van der Waals surface area contributed by atoms with E-state index in [2.05, 4.69) is 15.7 Å². The van der Waals surface area contributed by atoms with Gasteiger partial charge in [-0.1, -0.05) is 0 Å². The van der Waals surface area contributed by atoms with Gasteiger partial charge in [0, 0.05) is 43.0 Å². The van der Waals surface area contributed by atoms with Crippen molar-refractivity contribution in [2.24, 2.45) is 5.92 Å². The molecule has 9 nitrogen and oxygen atoms in total. The van der Waals surface area contributed by atoms with Crippen LogP contribution in [-0.2, 0) is 28.9 Å². The Balaban J connectivity index is 1.56. The van der Waals surface area contributed by atoms with E-state index in [9.17, 15) is 14.7 Å². The molecule has 9 heteroatoms. The quantitative estimate of drug-likeness (QED) is 0.606. The zero-order valence-corrected chi connectivity index (χ0v) is 19.7. The Labute approximate surface area is 198 Å². The van der Waals surface area contributed by atoms with Crippen LogP contribution in [0.5, 0.6) is 0 Å². The maximum atomic E-state index is 12.5. The fourth-order valence-corrected chi connectivity index (χ4v) is 5.64. The number of carboxylic acids is 1. The number of benzene rings is 1. The number of carbonyl (C=O) groups is 2. The van der Waals surface area contributed by atoms with Crippen LogP contribution >= 0.6 is 0 Å². The number of aryl methyl sites for hydroxylation is 3. The van der Waals surface area contributed by atoms with Gasteiger partial charge in [-0.3, -0.25) is 14.4 Å². The number of amides is 1. The molecule has 2 aromatic heterocycles. The van der Waals surface area contributed by atoms with E-state index in [1.165, 1.54) is 7.11 Å². The van der Waals surface area contributed by atoms with Crippen molar-refractivity contribution in [3.05, 3.63) is 42.0 Å². The largest absolute Gasteiger partial charge is 0.481 e. The first-order chi connectivity index (χ1) is 16.5. The second-order valence-electron chi connectivity index (χ2n) is 9.42. The number of aromatic nitrogens is 4. The van der Waals surface area contributed by atoms with Gasteiger partial charge in [0.1, 0.15) is 5.82 Å². The van der Waals surface area contributed by atoms with Crippen LogP contribution in [0.2, 0.25) is 0 Å². The highest BCUT2D eigenvalue weighted by Crippen LogP contribution is 2.40. The molecule has 1 aliphatic carbocycles. The lowest BCUT2D eigenvalue weighted by molar-refractivity contribution is -0.143. The molecule has 3 aromatic rings. The minimum absolute atomic E-state index is 0.0602. The number of methoxy groups -OCH3 is 1. The smallest absolute Gasteiger partial charge is 0.414 e. The van der Waals surface area contributed by atoms with E-state index in [1.54, 1.807) is 11.1 Å². The highest BCUT2D eigenvalue weighted by molar-refractivity contribution is 5.95. The van der Waals surface area contributed by atoms with Gasteiger partial charge in [0.2, 0.25) is 0 Å². The third kappa shape index (κ3) is 3.93. The van der Waals surface area contributed by atoms with E-state index in [0.29, 0.717) is 19.4 Å². The number of ether oxygens (including phenoxy) is 1. The number of fused-ring (bicyclic) bond motifs is 3. The molecule has 1 N–H and O–H groups in total. The molecular formula is C25H31N5O4. The third-order valence-corrected chi connectivity index (χ3v) is 7.43. The number of imidazole rings is 1. The van der Waals surface area contributed by atoms with Crippen LogP contribution in [0.4, 0.5) is 10.5 Å². The zero-order chi connectivity index (χ0) is 23.8. The Morgan fingerprint density at radius 1 is 1.18 bits per heavy atom. The average molecular weight is 466 g/mol. The van der Waals surface area contributed by atoms with Gasteiger partial charge in [0.15, 0.2) is 0 Å². The summed E-state index contributed by atoms with van der Waals surface area (Å²) >= 11 is 0. The van der Waals surface area contributed by atoms with Crippen LogP contribution in [0, 0.1) is 5.92 Å². The first-order valence-electron chi connectivity index (χ1n) is 12.1. The summed E-state index contributed by atoms with van der Waals surface area (Å²) in [5, 5.41) is 13.8. The summed E-state index contributed by atoms with van der Waals surface area (Å²) in [7, 11) is 1.41. The first kappa shape index (κ1) is 22.4. The van der Waals surface area contributed by atoms with E-state index in [1.807, 2.05) is 29.9 Å². The topological polar surface area (TPSA) is 102 Å². The van der Waals surface area contributed by atoms with Crippen LogP contribution in [0.15, 0.2) is 30.6 Å². The normalized spacial score (nSPS) is 22.5. The summed E-state index contributed by atoms with van der Waals surface area (Å²) in [5.41, 5.74) is 3.96. The Bertz CT molecular complexity index is 1190. The summed E-state index contributed by atoms with van der Waals surface area (Å²) in [6, 6.07) is 6.27. The van der Waals surface area contributed by atoms with E-state index in [4.69, 9.17) is 9.72 Å². The minimum atomic E-state index is -0.695. The number of nitrogens with zero attached hydrogens (tertiary/aromatic N) is 5. The lowest BCUT2D eigenvalue weighted by Gasteiger charge is -2.34. The van der Waals surface area contributed by atoms with Crippen LogP contribution in [-0.4, -0.2) is 49.7 Å². The standard InChI is InChI=1S/C25H31N5O4/c1-16-4-9-19-20(29(16)25(33)34-2)10-11-21-23(19)27-22(12-15-28-14-3-13-26-28)30(21)18-7-5-17(6-8-18)24(31)32/h3,10-11,13-14,16-18H,4-9,12,15H2,1-2H3,(H,31,32)/t16-,17-,18-/m0/s1. The monoisotopic (exact) mass is 465 g/mol. The Hall–Kier alpha value is -3.36. The number of aliphatic carboxylic acids is 1. The van der Waals surface area contributed by atoms with Gasteiger partial charge >= 0.3 is 12.1 Å². The molecule has 180 valence electrons. The second-order valence-corrected chi connectivity index (χ2v) is 9.42. The Kier molecular flexibility index (Phi) is 6.02. The third-order valence-electron chi connectivity index (χ3n) is 7.43. The molecule has 1 fully saturated rings. The molecule has 1 aliphatic heterocycles. The lowest BCUT2D eigenvalue weighted by atomic mass is 9.86. The molecule has 1 saturated carbocycles. The van der Waals surface area contributed by atoms with Crippen LogP contribution in [0.25, 0.3) is 11.0 Å². The predicted octanol–water partition coefficient (Wildman–Crippen LogP) is 4.20. The first-order valence-corrected chi connectivity index (χ1v) is 12.1. The number of carbonyl (C=O) groups excluding carboxylic acids is 1. The molecule has 0 saturated heterocycles. The van der Waals surface area contributed by atoms with Crippen molar-refractivity contribution in [1.82, 2.24) is 19.3 Å². The Morgan fingerprint density at radius 3 is 2.65 bits per heavy atom. The summed E-state index contributed by atoms with van der Waals surface area (Å²) in [6.07, 6.45) is 8.78. The van der Waals surface area contributed by atoms with Crippen molar-refractivity contribution >= 4 is 28.8 Å². The van der Waals surface area contributed by atoms with Crippen LogP contribution in [0.3, 0.4) is 0 Å². The van der Waals surface area contributed by atoms with Gasteiger partial charge in [-0.15, -0.1) is 0 Å². The maximum Gasteiger partial charge on any atom is 0.414 e. The number of rotatable bonds is 5. The molecule has 0 bridgehead atoms. The van der Waals surface area contributed by atoms with Gasteiger partial charge < -0.3 is 14.4 Å². The van der Waals surface area contributed by atoms with Crippen LogP contribution in [0.1, 0.15) is 56.5 Å². The molecular weight excluding hydrogens is 434 g/mol. The van der Waals surface area contributed by atoms with Crippen LogP contribution < -0.4 is 4.90 Å². The SMILES string of the molecule is COC(=O)N1c2ccc3c(nc(CCn4cccn4)n3[C@H]3CC[C@H](C(=O)O)CC3)c2CC[C@@H]1C. The molecule has 3 heterocycles. The number of hydrogen-bond donors (Lipinski definition) is 1. The van der Waals surface area contributed by atoms with Gasteiger partial charge in [0.25, 0.3) is 0 Å². The van der Waals surface area contributed by atoms with Gasteiger partial charge in [-0.2, -0.15) is 5.10 Å². The summed E-state index contributed by atoms with van der Waals surface area (Å²) in [4.78, 5) is 30.9. The number of hydrogen-bond acceptors (Lipinski definition) is 5. The maximum absolute atomic E-state index is 12.5. The van der Waals surface area contributed by atoms with Crippen molar-refractivity contribution in [2.45, 2.75) is 70.5 Å². The molecule has 2 aliphatic rings. The highest BCUT2D eigenvalue weighted by atomic mass is 16.5. The molecule has 1 amide bonds. The number of anilines is 1. The molecule has 1 atom stereocenters. The molecule has 34 heavy (non-hydrogen) atoms. The van der Waals surface area contributed by atoms with Crippen molar-refractivity contribution in [2.75, 3.05) is 12.0 Å². The Morgan fingerprint density at radius 2 is 1.97 bits per heavy atom. The minimum Gasteiger partial charge on any atom is -0.481 e. The van der Waals surface area contributed by atoms with E-state index in [0.717, 1.165) is 60.2 Å². The summed E-state index contributed by atoms with van der Waals surface area (Å²) < 4.78 is 9.30. The number of carboxylic acid groups (broad SMARTS) is 1. The predicted molar refractivity (Wildman–Crippen MR) is 127 cm³/mol. The average Bonchev–Trinajstić information content (AvgIpc) is 3.49. The van der Waals surface area contributed by atoms with Crippen molar-refractivity contribution in [3.8, 4) is 0 Å². The van der Waals surface area contributed by atoms with E-state index < -0.39 is 5.97 Å². The molecule has 5 rings (SSSR count). The summed E-state index contributed by atoms with van der Waals surface area (Å²) in [6.45, 7) is 2.76. The van der Waals surface area contributed by atoms with Crippen molar-refractivity contribution in [1.29, 1.82) is 0 Å². The van der Waals surface area contributed by atoms with Gasteiger partial charge in [0.05, 0.1) is 29.7 Å². The summed E-state index contributed by atoms with van der Waals surface area (Å²) in [5.74, 6) is 0.0290.